The quantitative estimate of drug-likeness (QED) is 0.625. The highest BCUT2D eigenvalue weighted by molar-refractivity contribution is 6.30. The van der Waals surface area contributed by atoms with E-state index in [1.165, 1.54) is 0 Å². The largest absolute Gasteiger partial charge is 0.463 e. The average molecular weight is 316 g/mol. The molecule has 1 atom stereocenters. The fraction of sp³-hybridized carbons (Fsp3) is 0.167. The molecule has 0 fully saturated rings. The van der Waals surface area contributed by atoms with Gasteiger partial charge in [0.05, 0.1) is 18.2 Å². The maximum absolute atomic E-state index is 12.0. The van der Waals surface area contributed by atoms with Crippen LogP contribution in [-0.2, 0) is 9.53 Å². The average Bonchev–Trinajstić information content (AvgIpc) is 2.55. The Balaban J connectivity index is 2.27. The van der Waals surface area contributed by atoms with Crippen molar-refractivity contribution in [1.29, 1.82) is 0 Å². The van der Waals surface area contributed by atoms with E-state index in [1.54, 1.807) is 19.1 Å². The Labute approximate surface area is 135 Å². The predicted molar refractivity (Wildman–Crippen MR) is 90.0 cm³/mol. The van der Waals surface area contributed by atoms with Crippen molar-refractivity contribution >= 4 is 23.3 Å². The van der Waals surface area contributed by atoms with Crippen LogP contribution in [0.2, 0.25) is 5.02 Å². The Hall–Kier alpha value is -2.26. The summed E-state index contributed by atoms with van der Waals surface area (Å²) in [6.07, 6.45) is 0. The maximum atomic E-state index is 12.0. The van der Waals surface area contributed by atoms with Gasteiger partial charge in [0.2, 0.25) is 0 Å². The summed E-state index contributed by atoms with van der Waals surface area (Å²) in [5, 5.41) is 3.96. The van der Waals surface area contributed by atoms with Crippen LogP contribution in [0, 0.1) is 0 Å². The number of hydrogen-bond donors (Lipinski definition) is 1. The molecule has 0 aliphatic carbocycles. The Kier molecular flexibility index (Phi) is 5.61. The van der Waals surface area contributed by atoms with Crippen molar-refractivity contribution in [2.75, 3.05) is 11.9 Å². The van der Waals surface area contributed by atoms with Crippen LogP contribution < -0.4 is 5.32 Å². The minimum Gasteiger partial charge on any atom is -0.463 e. The summed E-state index contributed by atoms with van der Waals surface area (Å²) in [5.74, 6) is -0.405. The van der Waals surface area contributed by atoms with E-state index < -0.39 is 5.97 Å². The van der Waals surface area contributed by atoms with Crippen LogP contribution in [0.1, 0.15) is 18.5 Å². The van der Waals surface area contributed by atoms with Crippen molar-refractivity contribution in [3.8, 4) is 0 Å². The number of hydrogen-bond acceptors (Lipinski definition) is 3. The van der Waals surface area contributed by atoms with Gasteiger partial charge in [0.1, 0.15) is 0 Å². The van der Waals surface area contributed by atoms with Crippen molar-refractivity contribution in [2.45, 2.75) is 13.0 Å². The number of halogens is 1. The number of carbonyl (C=O) groups is 1. The minimum absolute atomic E-state index is 0.320. The van der Waals surface area contributed by atoms with Crippen molar-refractivity contribution < 1.29 is 9.53 Å². The standard InChI is InChI=1S/C18H18ClNO2/c1-3-22-18(21)13(2)17(14-7-5-4-6-8-14)20-16-11-9-15(19)10-12-16/h4-12,17,20H,2-3H2,1H3/t17-/m0/s1. The lowest BCUT2D eigenvalue weighted by molar-refractivity contribution is -0.138. The van der Waals surface area contributed by atoms with E-state index in [2.05, 4.69) is 11.9 Å². The zero-order valence-electron chi connectivity index (χ0n) is 12.4. The molecule has 0 spiro atoms. The van der Waals surface area contributed by atoms with E-state index in [9.17, 15) is 4.79 Å². The fourth-order valence-corrected chi connectivity index (χ4v) is 2.20. The lowest BCUT2D eigenvalue weighted by Gasteiger charge is -2.21. The SMILES string of the molecule is C=C(C(=O)OCC)[C@H](Nc1ccc(Cl)cc1)c1ccccc1. The Bertz CT molecular complexity index is 638. The van der Waals surface area contributed by atoms with Gasteiger partial charge >= 0.3 is 5.97 Å². The number of ether oxygens (including phenoxy) is 1. The summed E-state index contributed by atoms with van der Waals surface area (Å²) in [6, 6.07) is 16.6. The second-order valence-electron chi connectivity index (χ2n) is 4.74. The summed E-state index contributed by atoms with van der Waals surface area (Å²) in [4.78, 5) is 12.0. The molecule has 0 saturated heterocycles. The number of nitrogens with one attached hydrogen (secondary N) is 1. The third-order valence-corrected chi connectivity index (χ3v) is 3.43. The van der Waals surface area contributed by atoms with Gasteiger partial charge in [-0.05, 0) is 36.8 Å². The molecule has 2 aromatic carbocycles. The van der Waals surface area contributed by atoms with Crippen molar-refractivity contribution in [3.63, 3.8) is 0 Å². The summed E-state index contributed by atoms with van der Waals surface area (Å²) in [5.41, 5.74) is 2.15. The predicted octanol–water partition coefficient (Wildman–Crippen LogP) is 4.61. The molecule has 0 aliphatic heterocycles. The Morgan fingerprint density at radius 1 is 1.18 bits per heavy atom. The van der Waals surface area contributed by atoms with Crippen LogP contribution in [0.25, 0.3) is 0 Å². The van der Waals surface area contributed by atoms with Gasteiger partial charge < -0.3 is 10.1 Å². The van der Waals surface area contributed by atoms with Crippen LogP contribution in [0.4, 0.5) is 5.69 Å². The zero-order chi connectivity index (χ0) is 15.9. The fourth-order valence-electron chi connectivity index (χ4n) is 2.07. The first-order valence-corrected chi connectivity index (χ1v) is 7.42. The molecule has 114 valence electrons. The highest BCUT2D eigenvalue weighted by atomic mass is 35.5. The van der Waals surface area contributed by atoms with Gasteiger partial charge in [0.25, 0.3) is 0 Å². The third-order valence-electron chi connectivity index (χ3n) is 3.17. The molecule has 1 N–H and O–H groups in total. The van der Waals surface area contributed by atoms with Gasteiger partial charge in [-0.2, -0.15) is 0 Å². The molecule has 3 nitrogen and oxygen atoms in total. The molecule has 2 aromatic rings. The van der Waals surface area contributed by atoms with Gasteiger partial charge in [-0.15, -0.1) is 0 Å². The first kappa shape index (κ1) is 16.1. The van der Waals surface area contributed by atoms with E-state index in [0.717, 1.165) is 11.3 Å². The minimum atomic E-state index is -0.405. The molecular formula is C18H18ClNO2. The summed E-state index contributed by atoms with van der Waals surface area (Å²) in [6.45, 7) is 5.99. The highest BCUT2D eigenvalue weighted by Gasteiger charge is 2.21. The van der Waals surface area contributed by atoms with Gasteiger partial charge in [0, 0.05) is 10.7 Å². The number of rotatable bonds is 6. The number of benzene rings is 2. The number of carbonyl (C=O) groups excluding carboxylic acids is 1. The number of esters is 1. The molecule has 22 heavy (non-hydrogen) atoms. The van der Waals surface area contributed by atoms with Crippen LogP contribution in [0.15, 0.2) is 66.7 Å². The smallest absolute Gasteiger partial charge is 0.335 e. The molecule has 4 heteroatoms. The van der Waals surface area contributed by atoms with Gasteiger partial charge in [-0.1, -0.05) is 48.5 Å². The van der Waals surface area contributed by atoms with E-state index >= 15 is 0 Å². The topological polar surface area (TPSA) is 38.3 Å². The maximum Gasteiger partial charge on any atom is 0.335 e. The Morgan fingerprint density at radius 3 is 2.41 bits per heavy atom. The second kappa shape index (κ2) is 7.66. The van der Waals surface area contributed by atoms with E-state index in [-0.39, 0.29) is 6.04 Å². The molecule has 0 bridgehead atoms. The molecule has 0 aliphatic rings. The van der Waals surface area contributed by atoms with E-state index in [1.807, 2.05) is 42.5 Å². The first-order chi connectivity index (χ1) is 10.6. The van der Waals surface area contributed by atoms with Crippen LogP contribution in [0.3, 0.4) is 0 Å². The molecule has 0 radical (unpaired) electrons. The number of anilines is 1. The van der Waals surface area contributed by atoms with E-state index in [0.29, 0.717) is 17.2 Å². The first-order valence-electron chi connectivity index (χ1n) is 7.04. The molecular weight excluding hydrogens is 298 g/mol. The van der Waals surface area contributed by atoms with Crippen molar-refractivity contribution in [2.24, 2.45) is 0 Å². The van der Waals surface area contributed by atoms with Crippen molar-refractivity contribution in [3.05, 3.63) is 77.3 Å². The molecule has 0 unspecified atom stereocenters. The molecule has 0 heterocycles. The molecule has 0 saturated carbocycles. The lowest BCUT2D eigenvalue weighted by atomic mass is 9.99. The summed E-state index contributed by atoms with van der Waals surface area (Å²) < 4.78 is 5.06. The molecule has 0 aromatic heterocycles. The molecule has 0 amide bonds. The zero-order valence-corrected chi connectivity index (χ0v) is 13.1. The Morgan fingerprint density at radius 2 is 1.82 bits per heavy atom. The van der Waals surface area contributed by atoms with Gasteiger partial charge in [0.15, 0.2) is 0 Å². The third kappa shape index (κ3) is 4.12. The van der Waals surface area contributed by atoms with Gasteiger partial charge in [-0.25, -0.2) is 4.79 Å². The normalized spacial score (nSPS) is 11.5. The van der Waals surface area contributed by atoms with Crippen LogP contribution in [-0.4, -0.2) is 12.6 Å². The highest BCUT2D eigenvalue weighted by Crippen LogP contribution is 2.27. The van der Waals surface area contributed by atoms with Gasteiger partial charge in [-0.3, -0.25) is 0 Å². The lowest BCUT2D eigenvalue weighted by Crippen LogP contribution is -2.20. The molecule has 2 rings (SSSR count). The van der Waals surface area contributed by atoms with Crippen LogP contribution >= 0.6 is 11.6 Å². The summed E-state index contributed by atoms with van der Waals surface area (Å²) in [7, 11) is 0. The summed E-state index contributed by atoms with van der Waals surface area (Å²) >= 11 is 5.90. The van der Waals surface area contributed by atoms with Crippen LogP contribution in [0.5, 0.6) is 0 Å². The monoisotopic (exact) mass is 315 g/mol. The second-order valence-corrected chi connectivity index (χ2v) is 5.18. The van der Waals surface area contributed by atoms with Crippen molar-refractivity contribution in [1.82, 2.24) is 0 Å². The van der Waals surface area contributed by atoms with E-state index in [4.69, 9.17) is 16.3 Å².